The number of fused-ring (bicyclic) bond motifs is 1. The highest BCUT2D eigenvalue weighted by molar-refractivity contribution is 7.07. The van der Waals surface area contributed by atoms with Gasteiger partial charge in [-0.2, -0.15) is 0 Å². The first-order chi connectivity index (χ1) is 20.7. The van der Waals surface area contributed by atoms with E-state index in [4.69, 9.17) is 14.2 Å². The lowest BCUT2D eigenvalue weighted by Gasteiger charge is -2.26. The van der Waals surface area contributed by atoms with Gasteiger partial charge in [-0.05, 0) is 56.2 Å². The van der Waals surface area contributed by atoms with Crippen molar-refractivity contribution in [1.82, 2.24) is 4.57 Å². The van der Waals surface area contributed by atoms with Crippen LogP contribution in [0.25, 0.3) is 6.08 Å². The van der Waals surface area contributed by atoms with E-state index in [-0.39, 0.29) is 21.4 Å². The Morgan fingerprint density at radius 3 is 2.51 bits per heavy atom. The van der Waals surface area contributed by atoms with Crippen LogP contribution in [-0.4, -0.2) is 28.7 Å². The van der Waals surface area contributed by atoms with Crippen molar-refractivity contribution < 1.29 is 23.9 Å². The molecule has 0 N–H and O–H groups in total. The molecule has 2 heterocycles. The summed E-state index contributed by atoms with van der Waals surface area (Å²) in [4.78, 5) is 43.4. The van der Waals surface area contributed by atoms with Crippen LogP contribution in [0, 0.1) is 10.1 Å². The Hall–Kier alpha value is -5.03. The molecule has 1 unspecified atom stereocenters. The molecule has 0 aliphatic carbocycles. The number of hydrogen-bond donors (Lipinski definition) is 0. The van der Waals surface area contributed by atoms with E-state index in [0.717, 1.165) is 16.9 Å². The van der Waals surface area contributed by atoms with Crippen LogP contribution in [0.1, 0.15) is 43.5 Å². The maximum atomic E-state index is 13.9. The van der Waals surface area contributed by atoms with Crippen molar-refractivity contribution in [2.24, 2.45) is 4.99 Å². The number of benzene rings is 3. The second-order valence-electron chi connectivity index (χ2n) is 10.0. The van der Waals surface area contributed by atoms with Crippen LogP contribution >= 0.6 is 11.3 Å². The third-order valence-corrected chi connectivity index (χ3v) is 7.73. The predicted octanol–water partition coefficient (Wildman–Crippen LogP) is 4.68. The van der Waals surface area contributed by atoms with Gasteiger partial charge in [0, 0.05) is 6.07 Å². The first-order valence-electron chi connectivity index (χ1n) is 13.5. The average Bonchev–Trinajstić information content (AvgIpc) is 3.29. The van der Waals surface area contributed by atoms with Crippen molar-refractivity contribution >= 4 is 29.1 Å². The van der Waals surface area contributed by atoms with E-state index in [2.05, 4.69) is 4.99 Å². The summed E-state index contributed by atoms with van der Waals surface area (Å²) in [6.07, 6.45) is 1.07. The minimum absolute atomic E-state index is 0.127. The lowest BCUT2D eigenvalue weighted by molar-refractivity contribution is -0.385. The Balaban J connectivity index is 1.65. The van der Waals surface area contributed by atoms with Gasteiger partial charge < -0.3 is 14.2 Å². The molecule has 11 heteroatoms. The summed E-state index contributed by atoms with van der Waals surface area (Å²) in [5.74, 6) is 0.310. The van der Waals surface area contributed by atoms with E-state index in [1.54, 1.807) is 57.2 Å². The van der Waals surface area contributed by atoms with E-state index in [1.165, 1.54) is 23.8 Å². The molecule has 0 saturated carbocycles. The molecule has 0 spiro atoms. The normalized spacial score (nSPS) is 14.7. The van der Waals surface area contributed by atoms with Gasteiger partial charge in [0.1, 0.15) is 6.61 Å². The Morgan fingerprint density at radius 2 is 1.81 bits per heavy atom. The summed E-state index contributed by atoms with van der Waals surface area (Å²) in [6, 6.07) is 20.2. The smallest absolute Gasteiger partial charge is 0.338 e. The number of rotatable bonds is 9. The summed E-state index contributed by atoms with van der Waals surface area (Å²) in [6.45, 7) is 5.50. The van der Waals surface area contributed by atoms with Crippen molar-refractivity contribution in [2.75, 3.05) is 7.11 Å². The number of hydrogen-bond acceptors (Lipinski definition) is 9. The molecule has 43 heavy (non-hydrogen) atoms. The number of para-hydroxylation sites is 1. The van der Waals surface area contributed by atoms with Gasteiger partial charge in [0.2, 0.25) is 0 Å². The van der Waals surface area contributed by atoms with Crippen LogP contribution in [0.5, 0.6) is 11.5 Å². The summed E-state index contributed by atoms with van der Waals surface area (Å²) >= 11 is 1.09. The Bertz CT molecular complexity index is 1910. The van der Waals surface area contributed by atoms with Crippen molar-refractivity contribution in [3.8, 4) is 11.5 Å². The maximum absolute atomic E-state index is 13.9. The second-order valence-corrected chi connectivity index (χ2v) is 11.0. The molecule has 3 aromatic carbocycles. The third-order valence-electron chi connectivity index (χ3n) is 6.74. The van der Waals surface area contributed by atoms with E-state index in [0.29, 0.717) is 34.2 Å². The zero-order valence-electron chi connectivity index (χ0n) is 24.0. The molecule has 0 amide bonds. The number of carbonyl (C=O) groups is 1. The number of nitro benzene ring substituents is 1. The lowest BCUT2D eigenvalue weighted by Crippen LogP contribution is -2.40. The molecule has 10 nitrogen and oxygen atoms in total. The number of aromatic nitrogens is 1. The molecule has 220 valence electrons. The molecule has 5 rings (SSSR count). The van der Waals surface area contributed by atoms with E-state index in [1.807, 2.05) is 30.3 Å². The van der Waals surface area contributed by atoms with Crippen molar-refractivity contribution in [3.63, 3.8) is 0 Å². The molecular weight excluding hydrogens is 570 g/mol. The van der Waals surface area contributed by atoms with Crippen molar-refractivity contribution in [2.45, 2.75) is 39.5 Å². The van der Waals surface area contributed by atoms with E-state index < -0.39 is 28.6 Å². The fraction of sp³-hybridized carbons (Fsp3) is 0.219. The van der Waals surface area contributed by atoms with Crippen LogP contribution < -0.4 is 24.4 Å². The van der Waals surface area contributed by atoms with Gasteiger partial charge in [0.05, 0.1) is 45.5 Å². The summed E-state index contributed by atoms with van der Waals surface area (Å²) in [5, 5.41) is 11.6. The van der Waals surface area contributed by atoms with Crippen LogP contribution in [0.4, 0.5) is 5.69 Å². The molecule has 1 aliphatic rings. The first-order valence-corrected chi connectivity index (χ1v) is 14.3. The van der Waals surface area contributed by atoms with Crippen LogP contribution in [0.15, 0.2) is 93.9 Å². The van der Waals surface area contributed by atoms with Crippen molar-refractivity contribution in [3.05, 3.63) is 131 Å². The van der Waals surface area contributed by atoms with Gasteiger partial charge in [-0.3, -0.25) is 19.5 Å². The molecule has 0 saturated heterocycles. The Kier molecular flexibility index (Phi) is 8.53. The van der Waals surface area contributed by atoms with Gasteiger partial charge in [0.25, 0.3) is 11.2 Å². The highest BCUT2D eigenvalue weighted by Gasteiger charge is 2.34. The number of ether oxygens (including phenoxy) is 3. The zero-order valence-corrected chi connectivity index (χ0v) is 24.8. The quantitative estimate of drug-likeness (QED) is 0.156. The standard InChI is InChI=1S/C32H29N3O7S/c1-19(2)42-31(37)28-20(3)33-32-34(30(36)27(43-32)17-22-12-8-9-13-24(22)35(38)39)29(28)23-14-15-25(26(16-23)40-4)41-18-21-10-6-5-7-11-21/h5-17,19,29H,18H2,1-4H3. The molecule has 0 fully saturated rings. The van der Waals surface area contributed by atoms with Gasteiger partial charge in [-0.25, -0.2) is 9.79 Å². The SMILES string of the molecule is COc1cc(C2C(C(=O)OC(C)C)=C(C)N=c3sc(=Cc4ccccc4[N+](=O)[O-])c(=O)n32)ccc1OCc1ccccc1. The number of esters is 1. The van der Waals surface area contributed by atoms with E-state index >= 15 is 0 Å². The van der Waals surface area contributed by atoms with Gasteiger partial charge in [0.15, 0.2) is 16.3 Å². The third kappa shape index (κ3) is 6.12. The highest BCUT2D eigenvalue weighted by atomic mass is 32.1. The zero-order chi connectivity index (χ0) is 30.7. The number of thiazole rings is 1. The largest absolute Gasteiger partial charge is 0.493 e. The number of nitro groups is 1. The minimum Gasteiger partial charge on any atom is -0.493 e. The van der Waals surface area contributed by atoms with E-state index in [9.17, 15) is 19.7 Å². The molecule has 0 radical (unpaired) electrons. The van der Waals surface area contributed by atoms with Crippen molar-refractivity contribution in [1.29, 1.82) is 0 Å². The van der Waals surface area contributed by atoms with Gasteiger partial charge in [-0.1, -0.05) is 59.9 Å². The monoisotopic (exact) mass is 599 g/mol. The number of carbonyl (C=O) groups excluding carboxylic acids is 1. The topological polar surface area (TPSA) is 122 Å². The van der Waals surface area contributed by atoms with Crippen LogP contribution in [0.2, 0.25) is 0 Å². The Labute approximate surface area is 251 Å². The predicted molar refractivity (Wildman–Crippen MR) is 162 cm³/mol. The summed E-state index contributed by atoms with van der Waals surface area (Å²) in [5.41, 5.74) is 1.88. The molecule has 1 aromatic heterocycles. The first kappa shape index (κ1) is 29.5. The number of methoxy groups -OCH3 is 1. The number of nitrogens with zero attached hydrogens (tertiary/aromatic N) is 3. The molecule has 1 atom stereocenters. The number of allylic oxidation sites excluding steroid dienone is 1. The summed E-state index contributed by atoms with van der Waals surface area (Å²) in [7, 11) is 1.52. The van der Waals surface area contributed by atoms with Gasteiger partial charge >= 0.3 is 5.97 Å². The summed E-state index contributed by atoms with van der Waals surface area (Å²) < 4.78 is 18.9. The fourth-order valence-electron chi connectivity index (χ4n) is 4.80. The molecular formula is C32H29N3O7S. The minimum atomic E-state index is -0.896. The highest BCUT2D eigenvalue weighted by Crippen LogP contribution is 2.36. The second kappa shape index (κ2) is 12.5. The van der Waals surface area contributed by atoms with Gasteiger partial charge in [-0.15, -0.1) is 0 Å². The molecule has 1 aliphatic heterocycles. The van der Waals surface area contributed by atoms with Crippen LogP contribution in [0.3, 0.4) is 0 Å². The molecule has 0 bridgehead atoms. The maximum Gasteiger partial charge on any atom is 0.338 e. The Morgan fingerprint density at radius 1 is 1.09 bits per heavy atom. The fourth-order valence-corrected chi connectivity index (χ4v) is 5.84. The van der Waals surface area contributed by atoms with Crippen LogP contribution in [-0.2, 0) is 16.1 Å². The lowest BCUT2D eigenvalue weighted by atomic mass is 9.95. The molecule has 4 aromatic rings. The average molecular weight is 600 g/mol.